The first-order valence-corrected chi connectivity index (χ1v) is 8.50. The molecule has 23 heavy (non-hydrogen) atoms. The van der Waals surface area contributed by atoms with Crippen molar-refractivity contribution in [3.8, 4) is 11.5 Å². The molecule has 4 nitrogen and oxygen atoms in total. The lowest BCUT2D eigenvalue weighted by Crippen LogP contribution is -2.36. The molecule has 0 aliphatic carbocycles. The molecule has 0 saturated carbocycles. The van der Waals surface area contributed by atoms with Gasteiger partial charge >= 0.3 is 0 Å². The first-order chi connectivity index (χ1) is 10.8. The predicted molar refractivity (Wildman–Crippen MR) is 95.6 cm³/mol. The van der Waals surface area contributed by atoms with E-state index in [0.29, 0.717) is 12.6 Å². The van der Waals surface area contributed by atoms with Gasteiger partial charge in [-0.1, -0.05) is 34.1 Å². The zero-order valence-electron chi connectivity index (χ0n) is 15.5. The minimum absolute atomic E-state index is 0.0529. The van der Waals surface area contributed by atoms with Crippen LogP contribution in [0.2, 0.25) is 0 Å². The lowest BCUT2D eigenvalue weighted by Gasteiger charge is -2.24. The Hall–Kier alpha value is -1.26. The molecule has 2 N–H and O–H groups in total. The molecule has 0 bridgehead atoms. The molecule has 0 unspecified atom stereocenters. The van der Waals surface area contributed by atoms with E-state index in [4.69, 9.17) is 9.47 Å². The number of benzene rings is 1. The molecule has 132 valence electrons. The van der Waals surface area contributed by atoms with Crippen LogP contribution in [0.1, 0.15) is 53.0 Å². The Morgan fingerprint density at radius 3 is 2.52 bits per heavy atom. The van der Waals surface area contributed by atoms with Crippen LogP contribution in [-0.4, -0.2) is 37.5 Å². The van der Waals surface area contributed by atoms with E-state index in [2.05, 4.69) is 39.9 Å². The summed E-state index contributed by atoms with van der Waals surface area (Å²) in [6, 6.07) is 6.22. The molecule has 1 rings (SSSR count). The molecule has 0 fully saturated rings. The molecule has 1 aromatic rings. The lowest BCUT2D eigenvalue weighted by molar-refractivity contribution is 0.103. The number of methoxy groups -OCH3 is 1. The van der Waals surface area contributed by atoms with Gasteiger partial charge < -0.3 is 19.9 Å². The number of rotatable bonds is 9. The van der Waals surface area contributed by atoms with Gasteiger partial charge in [0.25, 0.3) is 0 Å². The molecule has 2 atom stereocenters. The average molecular weight is 323 g/mol. The second-order valence-electron chi connectivity index (χ2n) is 7.17. The van der Waals surface area contributed by atoms with Crippen molar-refractivity contribution in [2.75, 3.05) is 20.3 Å². The number of aliphatic hydroxyl groups is 1. The van der Waals surface area contributed by atoms with Gasteiger partial charge in [-0.15, -0.1) is 0 Å². The summed E-state index contributed by atoms with van der Waals surface area (Å²) < 4.78 is 11.2. The van der Waals surface area contributed by atoms with E-state index >= 15 is 0 Å². The van der Waals surface area contributed by atoms with Crippen molar-refractivity contribution < 1.29 is 14.6 Å². The Morgan fingerprint density at radius 1 is 1.26 bits per heavy atom. The Kier molecular flexibility index (Phi) is 7.86. The quantitative estimate of drug-likeness (QED) is 0.730. The zero-order chi connectivity index (χ0) is 17.5. The third-order valence-electron chi connectivity index (χ3n) is 3.85. The molecule has 0 aliphatic rings. The average Bonchev–Trinajstić information content (AvgIpc) is 2.50. The molecule has 0 aromatic heterocycles. The maximum atomic E-state index is 10.1. The molecular weight excluding hydrogens is 290 g/mol. The van der Waals surface area contributed by atoms with E-state index in [1.165, 1.54) is 0 Å². The van der Waals surface area contributed by atoms with Crippen LogP contribution in [0.4, 0.5) is 0 Å². The number of hydrogen-bond donors (Lipinski definition) is 2. The SMILES string of the molecule is CCC[C@H](C)NC[C@H](O)COc1ccc(OC)cc1C(C)(C)C. The van der Waals surface area contributed by atoms with Crippen molar-refractivity contribution in [2.45, 2.75) is 65.0 Å². The van der Waals surface area contributed by atoms with Crippen LogP contribution in [0, 0.1) is 0 Å². The molecule has 0 amide bonds. The fourth-order valence-corrected chi connectivity index (χ4v) is 2.47. The summed E-state index contributed by atoms with van der Waals surface area (Å²) in [5, 5.41) is 13.4. The van der Waals surface area contributed by atoms with Gasteiger partial charge in [0.05, 0.1) is 7.11 Å². The van der Waals surface area contributed by atoms with E-state index in [-0.39, 0.29) is 12.0 Å². The fraction of sp³-hybridized carbons (Fsp3) is 0.684. The molecule has 0 spiro atoms. The summed E-state index contributed by atoms with van der Waals surface area (Å²) in [6.07, 6.45) is 1.73. The van der Waals surface area contributed by atoms with Gasteiger partial charge in [0.1, 0.15) is 24.2 Å². The second-order valence-corrected chi connectivity index (χ2v) is 7.17. The van der Waals surface area contributed by atoms with Crippen LogP contribution in [-0.2, 0) is 5.41 Å². The van der Waals surface area contributed by atoms with Crippen molar-refractivity contribution in [1.82, 2.24) is 5.32 Å². The van der Waals surface area contributed by atoms with Gasteiger partial charge in [-0.2, -0.15) is 0 Å². The Balaban J connectivity index is 2.63. The van der Waals surface area contributed by atoms with Crippen LogP contribution in [0.3, 0.4) is 0 Å². The molecule has 1 aromatic carbocycles. The summed E-state index contributed by atoms with van der Waals surface area (Å²) in [4.78, 5) is 0. The third kappa shape index (κ3) is 6.80. The van der Waals surface area contributed by atoms with Crippen molar-refractivity contribution >= 4 is 0 Å². The maximum Gasteiger partial charge on any atom is 0.123 e. The third-order valence-corrected chi connectivity index (χ3v) is 3.85. The van der Waals surface area contributed by atoms with Crippen LogP contribution >= 0.6 is 0 Å². The number of nitrogens with one attached hydrogen (secondary N) is 1. The predicted octanol–water partition coefficient (Wildman–Crippen LogP) is 3.51. The number of hydrogen-bond acceptors (Lipinski definition) is 4. The van der Waals surface area contributed by atoms with Crippen LogP contribution in [0.15, 0.2) is 18.2 Å². The highest BCUT2D eigenvalue weighted by molar-refractivity contribution is 5.44. The monoisotopic (exact) mass is 323 g/mol. The first-order valence-electron chi connectivity index (χ1n) is 8.50. The zero-order valence-corrected chi connectivity index (χ0v) is 15.5. The van der Waals surface area contributed by atoms with E-state index in [1.54, 1.807) is 7.11 Å². The Bertz CT molecular complexity index is 468. The molecule has 4 heteroatoms. The van der Waals surface area contributed by atoms with Crippen LogP contribution < -0.4 is 14.8 Å². The van der Waals surface area contributed by atoms with Crippen molar-refractivity contribution in [3.63, 3.8) is 0 Å². The van der Waals surface area contributed by atoms with Crippen molar-refractivity contribution in [1.29, 1.82) is 0 Å². The summed E-state index contributed by atoms with van der Waals surface area (Å²) in [7, 11) is 1.66. The molecule has 0 heterocycles. The minimum atomic E-state index is -0.524. The van der Waals surface area contributed by atoms with E-state index < -0.39 is 6.10 Å². The second kappa shape index (κ2) is 9.14. The first kappa shape index (κ1) is 19.8. The molecule has 0 aliphatic heterocycles. The normalized spacial score (nSPS) is 14.4. The summed E-state index contributed by atoms with van der Waals surface area (Å²) in [5.74, 6) is 1.62. The van der Waals surface area contributed by atoms with Gasteiger partial charge in [-0.25, -0.2) is 0 Å². The molecule has 0 saturated heterocycles. The highest BCUT2D eigenvalue weighted by atomic mass is 16.5. The fourth-order valence-electron chi connectivity index (χ4n) is 2.47. The summed E-state index contributed by atoms with van der Waals surface area (Å²) in [5.41, 5.74) is 1.03. The largest absolute Gasteiger partial charge is 0.497 e. The highest BCUT2D eigenvalue weighted by Crippen LogP contribution is 2.34. The van der Waals surface area contributed by atoms with Gasteiger partial charge in [-0.3, -0.25) is 0 Å². The van der Waals surface area contributed by atoms with E-state index in [9.17, 15) is 5.11 Å². The summed E-state index contributed by atoms with van der Waals surface area (Å²) >= 11 is 0. The van der Waals surface area contributed by atoms with Crippen LogP contribution in [0.5, 0.6) is 11.5 Å². The van der Waals surface area contributed by atoms with Crippen molar-refractivity contribution in [2.24, 2.45) is 0 Å². The lowest BCUT2D eigenvalue weighted by atomic mass is 9.86. The smallest absolute Gasteiger partial charge is 0.123 e. The summed E-state index contributed by atoms with van der Waals surface area (Å²) in [6.45, 7) is 11.5. The van der Waals surface area contributed by atoms with E-state index in [0.717, 1.165) is 29.9 Å². The van der Waals surface area contributed by atoms with Crippen LogP contribution in [0.25, 0.3) is 0 Å². The standard InChI is InChI=1S/C19H33NO3/c1-7-8-14(2)20-12-15(21)13-23-18-10-9-16(22-6)11-17(18)19(3,4)5/h9-11,14-15,20-21H,7-8,12-13H2,1-6H3/t14-,15-/m0/s1. The van der Waals surface area contributed by atoms with Crippen molar-refractivity contribution in [3.05, 3.63) is 23.8 Å². The topological polar surface area (TPSA) is 50.7 Å². The molecule has 0 radical (unpaired) electrons. The highest BCUT2D eigenvalue weighted by Gasteiger charge is 2.20. The van der Waals surface area contributed by atoms with Gasteiger partial charge in [-0.05, 0) is 37.0 Å². The van der Waals surface area contributed by atoms with Gasteiger partial charge in [0, 0.05) is 18.2 Å². The Labute approximate surface area is 141 Å². The number of aliphatic hydroxyl groups excluding tert-OH is 1. The number of ether oxygens (including phenoxy) is 2. The van der Waals surface area contributed by atoms with E-state index in [1.807, 2.05) is 18.2 Å². The minimum Gasteiger partial charge on any atom is -0.497 e. The molecular formula is C19H33NO3. The van der Waals surface area contributed by atoms with Gasteiger partial charge in [0.2, 0.25) is 0 Å². The van der Waals surface area contributed by atoms with Gasteiger partial charge in [0.15, 0.2) is 0 Å². The Morgan fingerprint density at radius 2 is 1.96 bits per heavy atom. The maximum absolute atomic E-state index is 10.1.